The van der Waals surface area contributed by atoms with Crippen LogP contribution in [0.1, 0.15) is 26.6 Å². The third-order valence-electron chi connectivity index (χ3n) is 2.37. The molecule has 0 amide bonds. The van der Waals surface area contributed by atoms with E-state index < -0.39 is 0 Å². The van der Waals surface area contributed by atoms with Gasteiger partial charge in [0.1, 0.15) is 5.82 Å². The average Bonchev–Trinajstić information content (AvgIpc) is 2.57. The number of nitrogens with zero attached hydrogens (tertiary/aromatic N) is 3. The summed E-state index contributed by atoms with van der Waals surface area (Å²) in [5, 5.41) is 3.46. The van der Waals surface area contributed by atoms with E-state index in [1.54, 1.807) is 0 Å². The van der Waals surface area contributed by atoms with Gasteiger partial charge in [-0.1, -0.05) is 0 Å². The first-order valence-corrected chi connectivity index (χ1v) is 5.78. The molecule has 0 aromatic carbocycles. The van der Waals surface area contributed by atoms with E-state index in [1.165, 1.54) is 0 Å². The monoisotopic (exact) mass is 224 g/mol. The van der Waals surface area contributed by atoms with E-state index in [9.17, 15) is 0 Å². The smallest absolute Gasteiger partial charge is 0.122 e. The largest absolute Gasteiger partial charge is 0.333 e. The molecular formula is C12H24N4. The molecule has 16 heavy (non-hydrogen) atoms. The maximum absolute atomic E-state index is 4.38. The Morgan fingerprint density at radius 1 is 1.38 bits per heavy atom. The van der Waals surface area contributed by atoms with Crippen LogP contribution < -0.4 is 5.32 Å². The van der Waals surface area contributed by atoms with Gasteiger partial charge in [-0.2, -0.15) is 0 Å². The van der Waals surface area contributed by atoms with Gasteiger partial charge in [0.05, 0.1) is 6.54 Å². The molecule has 0 unspecified atom stereocenters. The predicted molar refractivity (Wildman–Crippen MR) is 67.4 cm³/mol. The van der Waals surface area contributed by atoms with Crippen LogP contribution in [0.4, 0.5) is 0 Å². The summed E-state index contributed by atoms with van der Waals surface area (Å²) in [5.41, 5.74) is 0.137. The fraction of sp³-hybridized carbons (Fsp3) is 0.750. The van der Waals surface area contributed by atoms with E-state index >= 15 is 0 Å². The fourth-order valence-corrected chi connectivity index (χ4v) is 1.36. The molecule has 0 fully saturated rings. The summed E-state index contributed by atoms with van der Waals surface area (Å²) < 4.78 is 2.21. The van der Waals surface area contributed by atoms with Crippen molar-refractivity contribution in [2.75, 3.05) is 20.6 Å². The molecular weight excluding hydrogens is 200 g/mol. The quantitative estimate of drug-likeness (QED) is 0.819. The predicted octanol–water partition coefficient (Wildman–Crippen LogP) is 1.33. The van der Waals surface area contributed by atoms with Crippen LogP contribution in [-0.4, -0.2) is 40.6 Å². The number of likely N-dealkylation sites (N-methyl/N-ethyl adjacent to an activating group) is 1. The molecule has 92 valence electrons. The Bertz CT molecular complexity index is 309. The van der Waals surface area contributed by atoms with E-state index in [-0.39, 0.29) is 5.54 Å². The van der Waals surface area contributed by atoms with Crippen molar-refractivity contribution in [2.45, 2.75) is 39.4 Å². The minimum atomic E-state index is 0.137. The summed E-state index contributed by atoms with van der Waals surface area (Å²) >= 11 is 0. The second-order valence-corrected chi connectivity index (χ2v) is 5.44. The first kappa shape index (κ1) is 13.2. The maximum Gasteiger partial charge on any atom is 0.122 e. The zero-order valence-electron chi connectivity index (χ0n) is 11.1. The van der Waals surface area contributed by atoms with Crippen molar-refractivity contribution in [1.82, 2.24) is 19.8 Å². The summed E-state index contributed by atoms with van der Waals surface area (Å²) in [6.45, 7) is 9.36. The minimum Gasteiger partial charge on any atom is -0.333 e. The first-order valence-electron chi connectivity index (χ1n) is 5.78. The topological polar surface area (TPSA) is 33.1 Å². The Morgan fingerprint density at radius 2 is 2.06 bits per heavy atom. The lowest BCUT2D eigenvalue weighted by atomic mass is 10.1. The van der Waals surface area contributed by atoms with Crippen molar-refractivity contribution in [3.8, 4) is 0 Å². The van der Waals surface area contributed by atoms with Gasteiger partial charge in [0, 0.05) is 31.0 Å². The number of hydrogen-bond donors (Lipinski definition) is 1. The molecule has 4 heteroatoms. The van der Waals surface area contributed by atoms with Crippen LogP contribution in [0, 0.1) is 0 Å². The van der Waals surface area contributed by atoms with E-state index in [2.05, 4.69) is 54.6 Å². The van der Waals surface area contributed by atoms with E-state index in [4.69, 9.17) is 0 Å². The standard InChI is InChI=1S/C12H24N4/c1-12(2,3)14-10-11-13-6-7-16(11)9-8-15(4)5/h6-7,14H,8-10H2,1-5H3. The minimum absolute atomic E-state index is 0.137. The molecule has 1 rings (SSSR count). The summed E-state index contributed by atoms with van der Waals surface area (Å²) in [6.07, 6.45) is 3.92. The molecule has 0 saturated carbocycles. The third kappa shape index (κ3) is 4.77. The number of nitrogens with one attached hydrogen (secondary N) is 1. The summed E-state index contributed by atoms with van der Waals surface area (Å²) in [5.74, 6) is 1.11. The molecule has 1 heterocycles. The Balaban J connectivity index is 2.50. The second kappa shape index (κ2) is 5.46. The molecule has 1 aromatic rings. The molecule has 0 spiro atoms. The molecule has 1 N–H and O–H groups in total. The fourth-order valence-electron chi connectivity index (χ4n) is 1.36. The molecule has 0 aliphatic heterocycles. The normalized spacial score (nSPS) is 12.4. The molecule has 0 atom stereocenters. The van der Waals surface area contributed by atoms with Gasteiger partial charge >= 0.3 is 0 Å². The number of aromatic nitrogens is 2. The van der Waals surface area contributed by atoms with Crippen LogP contribution in [0.25, 0.3) is 0 Å². The van der Waals surface area contributed by atoms with Crippen LogP contribution >= 0.6 is 0 Å². The molecule has 0 aliphatic rings. The summed E-state index contributed by atoms with van der Waals surface area (Å²) in [6, 6.07) is 0. The van der Waals surface area contributed by atoms with E-state index in [1.807, 2.05) is 12.4 Å². The number of imidazole rings is 1. The highest BCUT2D eigenvalue weighted by Gasteiger charge is 2.10. The van der Waals surface area contributed by atoms with Gasteiger partial charge in [-0.05, 0) is 34.9 Å². The second-order valence-electron chi connectivity index (χ2n) is 5.44. The van der Waals surface area contributed by atoms with Gasteiger partial charge in [0.2, 0.25) is 0 Å². The number of hydrogen-bond acceptors (Lipinski definition) is 3. The van der Waals surface area contributed by atoms with Gasteiger partial charge in [-0.15, -0.1) is 0 Å². The lowest BCUT2D eigenvalue weighted by Crippen LogP contribution is -2.36. The van der Waals surface area contributed by atoms with Crippen molar-refractivity contribution < 1.29 is 0 Å². The van der Waals surface area contributed by atoms with Gasteiger partial charge in [0.15, 0.2) is 0 Å². The Labute approximate surface area is 98.7 Å². The zero-order valence-corrected chi connectivity index (χ0v) is 11.1. The van der Waals surface area contributed by atoms with Crippen LogP contribution in [-0.2, 0) is 13.1 Å². The SMILES string of the molecule is CN(C)CCn1ccnc1CNC(C)(C)C. The zero-order chi connectivity index (χ0) is 12.2. The highest BCUT2D eigenvalue weighted by molar-refractivity contribution is 4.93. The van der Waals surface area contributed by atoms with Crippen molar-refractivity contribution in [2.24, 2.45) is 0 Å². The van der Waals surface area contributed by atoms with Gasteiger partial charge < -0.3 is 14.8 Å². The lowest BCUT2D eigenvalue weighted by molar-refractivity contribution is 0.371. The number of rotatable bonds is 5. The average molecular weight is 224 g/mol. The van der Waals surface area contributed by atoms with Crippen molar-refractivity contribution in [3.05, 3.63) is 18.2 Å². The van der Waals surface area contributed by atoms with Crippen LogP contribution in [0.15, 0.2) is 12.4 Å². The highest BCUT2D eigenvalue weighted by Crippen LogP contribution is 2.03. The maximum atomic E-state index is 4.38. The third-order valence-corrected chi connectivity index (χ3v) is 2.37. The van der Waals surface area contributed by atoms with E-state index in [0.717, 1.165) is 25.5 Å². The Kier molecular flexibility index (Phi) is 4.50. The molecule has 4 nitrogen and oxygen atoms in total. The van der Waals surface area contributed by atoms with Crippen LogP contribution in [0.2, 0.25) is 0 Å². The summed E-state index contributed by atoms with van der Waals surface area (Å²) in [4.78, 5) is 6.56. The van der Waals surface area contributed by atoms with Gasteiger partial charge in [0.25, 0.3) is 0 Å². The first-order chi connectivity index (χ1) is 7.38. The lowest BCUT2D eigenvalue weighted by Gasteiger charge is -2.21. The molecule has 0 radical (unpaired) electrons. The highest BCUT2D eigenvalue weighted by atomic mass is 15.1. The Hall–Kier alpha value is -0.870. The van der Waals surface area contributed by atoms with Crippen LogP contribution in [0.3, 0.4) is 0 Å². The van der Waals surface area contributed by atoms with E-state index in [0.29, 0.717) is 0 Å². The molecule has 1 aromatic heterocycles. The molecule has 0 saturated heterocycles. The van der Waals surface area contributed by atoms with Crippen LogP contribution in [0.5, 0.6) is 0 Å². The Morgan fingerprint density at radius 3 is 2.62 bits per heavy atom. The van der Waals surface area contributed by atoms with Gasteiger partial charge in [-0.3, -0.25) is 0 Å². The van der Waals surface area contributed by atoms with Crippen molar-refractivity contribution >= 4 is 0 Å². The molecule has 0 bridgehead atoms. The van der Waals surface area contributed by atoms with Crippen molar-refractivity contribution in [1.29, 1.82) is 0 Å². The summed E-state index contributed by atoms with van der Waals surface area (Å²) in [7, 11) is 4.17. The van der Waals surface area contributed by atoms with Gasteiger partial charge in [-0.25, -0.2) is 4.98 Å². The van der Waals surface area contributed by atoms with Crippen molar-refractivity contribution in [3.63, 3.8) is 0 Å². The molecule has 0 aliphatic carbocycles.